The summed E-state index contributed by atoms with van der Waals surface area (Å²) >= 11 is 0. The van der Waals surface area contributed by atoms with Crippen LogP contribution in [-0.4, -0.2) is 19.1 Å². The van der Waals surface area contributed by atoms with E-state index in [0.717, 1.165) is 12.8 Å². The Balaban J connectivity index is 3.94. The van der Waals surface area contributed by atoms with Gasteiger partial charge in [0.25, 0.3) is 0 Å². The Kier molecular flexibility index (Phi) is 5.77. The maximum absolute atomic E-state index is 11.6. The predicted octanol–water partition coefficient (Wildman–Crippen LogP) is 1.95. The van der Waals surface area contributed by atoms with Gasteiger partial charge in [-0.1, -0.05) is 20.8 Å². The largest absolute Gasteiger partial charge is 0.465 e. The molecule has 0 heterocycles. The third kappa shape index (κ3) is 4.09. The fourth-order valence-electron chi connectivity index (χ4n) is 0.934. The van der Waals surface area contributed by atoms with Crippen LogP contribution < -0.4 is 5.73 Å². The number of carbonyl (C=O) groups is 1. The fraction of sp³-hybridized carbons (Fsp3) is 0.909. The zero-order valence-corrected chi connectivity index (χ0v) is 9.80. The molecule has 0 spiro atoms. The minimum absolute atomic E-state index is 0.164. The van der Waals surface area contributed by atoms with Crippen molar-refractivity contribution in [3.05, 3.63) is 0 Å². The first-order valence-corrected chi connectivity index (χ1v) is 5.33. The second-order valence-corrected chi connectivity index (χ2v) is 4.44. The van der Waals surface area contributed by atoms with Gasteiger partial charge in [0.2, 0.25) is 0 Å². The van der Waals surface area contributed by atoms with Crippen molar-refractivity contribution in [3.8, 4) is 0 Å². The molecule has 1 atom stereocenters. The minimum Gasteiger partial charge on any atom is -0.465 e. The summed E-state index contributed by atoms with van der Waals surface area (Å²) in [6.07, 6.45) is 1.64. The van der Waals surface area contributed by atoms with E-state index in [4.69, 9.17) is 10.5 Å². The Morgan fingerprint density at radius 2 is 2.07 bits per heavy atom. The van der Waals surface area contributed by atoms with Crippen molar-refractivity contribution in [1.82, 2.24) is 0 Å². The second-order valence-electron chi connectivity index (χ2n) is 4.44. The number of hydrogen-bond donors (Lipinski definition) is 1. The lowest BCUT2D eigenvalue weighted by Crippen LogP contribution is -2.36. The summed E-state index contributed by atoms with van der Waals surface area (Å²) in [6.45, 7) is 8.88. The molecule has 84 valence electrons. The van der Waals surface area contributed by atoms with Gasteiger partial charge < -0.3 is 10.5 Å². The number of hydrogen-bond acceptors (Lipinski definition) is 3. The average Bonchev–Trinajstić information content (AvgIpc) is 2.15. The van der Waals surface area contributed by atoms with E-state index in [1.54, 1.807) is 0 Å². The van der Waals surface area contributed by atoms with Gasteiger partial charge in [0.15, 0.2) is 0 Å². The second kappa shape index (κ2) is 6.02. The number of carbonyl (C=O) groups excluding carboxylic acids is 1. The molecular weight excluding hydrogens is 178 g/mol. The molecule has 1 unspecified atom stereocenters. The highest BCUT2D eigenvalue weighted by Gasteiger charge is 2.31. The fourth-order valence-corrected chi connectivity index (χ4v) is 0.934. The molecule has 0 fully saturated rings. The Labute approximate surface area is 87.0 Å². The van der Waals surface area contributed by atoms with Crippen LogP contribution in [0.1, 0.15) is 40.5 Å². The van der Waals surface area contributed by atoms with Crippen LogP contribution in [0.2, 0.25) is 0 Å². The van der Waals surface area contributed by atoms with E-state index in [0.29, 0.717) is 19.1 Å². The molecule has 0 radical (unpaired) electrons. The van der Waals surface area contributed by atoms with Crippen molar-refractivity contribution in [2.45, 2.75) is 40.5 Å². The Morgan fingerprint density at radius 3 is 2.43 bits per heavy atom. The average molecular weight is 201 g/mol. The highest BCUT2D eigenvalue weighted by Crippen LogP contribution is 2.21. The molecule has 0 aliphatic heterocycles. The van der Waals surface area contributed by atoms with Gasteiger partial charge in [-0.05, 0) is 25.7 Å². The summed E-state index contributed by atoms with van der Waals surface area (Å²) in [6, 6.07) is 0. The molecule has 3 heteroatoms. The predicted molar refractivity (Wildman–Crippen MR) is 57.9 cm³/mol. The van der Waals surface area contributed by atoms with Crippen LogP contribution in [-0.2, 0) is 9.53 Å². The van der Waals surface area contributed by atoms with Crippen LogP contribution in [0.5, 0.6) is 0 Å². The number of esters is 1. The van der Waals surface area contributed by atoms with Gasteiger partial charge >= 0.3 is 5.97 Å². The van der Waals surface area contributed by atoms with Crippen LogP contribution in [0.4, 0.5) is 0 Å². The normalized spacial score (nSPS) is 15.3. The topological polar surface area (TPSA) is 52.3 Å². The maximum Gasteiger partial charge on any atom is 0.313 e. The molecule has 0 saturated heterocycles. The molecule has 14 heavy (non-hydrogen) atoms. The highest BCUT2D eigenvalue weighted by molar-refractivity contribution is 5.76. The summed E-state index contributed by atoms with van der Waals surface area (Å²) in [7, 11) is 0. The van der Waals surface area contributed by atoms with Gasteiger partial charge in [-0.2, -0.15) is 0 Å². The lowest BCUT2D eigenvalue weighted by atomic mass is 9.88. The third-order valence-electron chi connectivity index (χ3n) is 2.65. The summed E-state index contributed by atoms with van der Waals surface area (Å²) in [5, 5.41) is 0. The van der Waals surface area contributed by atoms with Crippen LogP contribution in [0.25, 0.3) is 0 Å². The Bertz CT molecular complexity index is 174. The van der Waals surface area contributed by atoms with Gasteiger partial charge in [-0.15, -0.1) is 0 Å². The van der Waals surface area contributed by atoms with E-state index >= 15 is 0 Å². The van der Waals surface area contributed by atoms with Gasteiger partial charge in [0.05, 0.1) is 12.0 Å². The van der Waals surface area contributed by atoms with Crippen LogP contribution in [0.3, 0.4) is 0 Å². The molecule has 0 amide bonds. The third-order valence-corrected chi connectivity index (χ3v) is 2.65. The van der Waals surface area contributed by atoms with Gasteiger partial charge in [-0.25, -0.2) is 0 Å². The van der Waals surface area contributed by atoms with E-state index in [-0.39, 0.29) is 5.97 Å². The SMILES string of the molecule is CCC(C)(CN)C(=O)OCCC(C)C. The maximum atomic E-state index is 11.6. The molecule has 0 aliphatic rings. The van der Waals surface area contributed by atoms with E-state index < -0.39 is 5.41 Å². The standard InChI is InChI=1S/C11H23NO2/c1-5-11(4,8-12)10(13)14-7-6-9(2)3/h9H,5-8,12H2,1-4H3. The molecule has 0 rings (SSSR count). The van der Waals surface area contributed by atoms with Crippen molar-refractivity contribution in [3.63, 3.8) is 0 Å². The molecule has 0 saturated carbocycles. The molecule has 2 N–H and O–H groups in total. The molecule has 0 aromatic rings. The van der Waals surface area contributed by atoms with Crippen molar-refractivity contribution < 1.29 is 9.53 Å². The van der Waals surface area contributed by atoms with Crippen LogP contribution >= 0.6 is 0 Å². The first-order chi connectivity index (χ1) is 6.46. The van der Waals surface area contributed by atoms with Crippen molar-refractivity contribution in [2.24, 2.45) is 17.1 Å². The van der Waals surface area contributed by atoms with Gasteiger partial charge in [-0.3, -0.25) is 4.79 Å². The number of nitrogens with two attached hydrogens (primary N) is 1. The summed E-state index contributed by atoms with van der Waals surface area (Å²) in [4.78, 5) is 11.6. The van der Waals surface area contributed by atoms with Crippen molar-refractivity contribution in [2.75, 3.05) is 13.2 Å². The summed E-state index contributed by atoms with van der Waals surface area (Å²) < 4.78 is 5.18. The monoisotopic (exact) mass is 201 g/mol. The number of rotatable bonds is 6. The van der Waals surface area contributed by atoms with E-state index in [9.17, 15) is 4.79 Å². The molecule has 0 aromatic heterocycles. The zero-order valence-electron chi connectivity index (χ0n) is 9.80. The molecular formula is C11H23NO2. The lowest BCUT2D eigenvalue weighted by Gasteiger charge is -2.23. The van der Waals surface area contributed by atoms with E-state index in [2.05, 4.69) is 13.8 Å². The van der Waals surface area contributed by atoms with Crippen molar-refractivity contribution in [1.29, 1.82) is 0 Å². The van der Waals surface area contributed by atoms with E-state index in [1.165, 1.54) is 0 Å². The summed E-state index contributed by atoms with van der Waals surface area (Å²) in [5.41, 5.74) is 5.05. The molecule has 3 nitrogen and oxygen atoms in total. The molecule has 0 bridgehead atoms. The smallest absolute Gasteiger partial charge is 0.313 e. The lowest BCUT2D eigenvalue weighted by molar-refractivity contribution is -0.154. The summed E-state index contributed by atoms with van der Waals surface area (Å²) in [5.74, 6) is 0.400. The first-order valence-electron chi connectivity index (χ1n) is 5.33. The zero-order chi connectivity index (χ0) is 11.2. The minimum atomic E-state index is -0.503. The van der Waals surface area contributed by atoms with Gasteiger partial charge in [0, 0.05) is 6.54 Å². The van der Waals surface area contributed by atoms with Crippen molar-refractivity contribution >= 4 is 5.97 Å². The van der Waals surface area contributed by atoms with E-state index in [1.807, 2.05) is 13.8 Å². The molecule has 0 aliphatic carbocycles. The highest BCUT2D eigenvalue weighted by atomic mass is 16.5. The van der Waals surface area contributed by atoms with Crippen LogP contribution in [0.15, 0.2) is 0 Å². The molecule has 0 aromatic carbocycles. The van der Waals surface area contributed by atoms with Crippen LogP contribution in [0, 0.1) is 11.3 Å². The Hall–Kier alpha value is -0.570. The quantitative estimate of drug-likeness (QED) is 0.668. The first kappa shape index (κ1) is 13.4. The Morgan fingerprint density at radius 1 is 1.50 bits per heavy atom. The number of ether oxygens (including phenoxy) is 1. The van der Waals surface area contributed by atoms with Gasteiger partial charge in [0.1, 0.15) is 0 Å².